The number of hydrogen-bond donors (Lipinski definition) is 1. The van der Waals surface area contributed by atoms with Crippen LogP contribution in [0.25, 0.3) is 0 Å². The first-order chi connectivity index (χ1) is 9.06. The van der Waals surface area contributed by atoms with Crippen molar-refractivity contribution in [3.05, 3.63) is 33.8 Å². The fraction of sp³-hybridized carbons (Fsp3) is 0.500. The van der Waals surface area contributed by atoms with E-state index in [4.69, 9.17) is 27.9 Å². The first-order valence-electron chi connectivity index (χ1n) is 6.39. The Morgan fingerprint density at radius 2 is 2.16 bits per heavy atom. The number of carbonyl (C=O) groups excluding carboxylic acids is 1. The van der Waals surface area contributed by atoms with Gasteiger partial charge in [0.05, 0.1) is 16.7 Å². The van der Waals surface area contributed by atoms with Crippen LogP contribution in [-0.4, -0.2) is 19.1 Å². The topological polar surface area (TPSA) is 38.3 Å². The van der Waals surface area contributed by atoms with E-state index in [0.717, 1.165) is 18.5 Å². The van der Waals surface area contributed by atoms with Crippen LogP contribution < -0.4 is 5.32 Å². The van der Waals surface area contributed by atoms with Crippen molar-refractivity contribution < 1.29 is 9.53 Å². The van der Waals surface area contributed by atoms with Crippen molar-refractivity contribution in [2.75, 3.05) is 13.2 Å². The molecule has 0 radical (unpaired) electrons. The third kappa shape index (κ3) is 5.39. The van der Waals surface area contributed by atoms with E-state index in [2.05, 4.69) is 5.32 Å². The van der Waals surface area contributed by atoms with Crippen LogP contribution >= 0.6 is 23.2 Å². The molecule has 19 heavy (non-hydrogen) atoms. The molecule has 0 saturated carbocycles. The van der Waals surface area contributed by atoms with Gasteiger partial charge in [-0.1, -0.05) is 35.3 Å². The lowest BCUT2D eigenvalue weighted by molar-refractivity contribution is -0.143. The Kier molecular flexibility index (Phi) is 7.21. The van der Waals surface area contributed by atoms with Crippen LogP contribution in [0.1, 0.15) is 38.3 Å². The minimum absolute atomic E-state index is 0.0911. The standard InChI is InChI=1S/C14H19Cl2NO2/c1-3-19-13(18)8-5-9-17-10(2)11-6-4-7-12(15)14(11)16/h4,6-7,10,17H,3,5,8-9H2,1-2H3. The van der Waals surface area contributed by atoms with Gasteiger partial charge in [0.15, 0.2) is 0 Å². The van der Waals surface area contributed by atoms with Gasteiger partial charge in [0.1, 0.15) is 0 Å². The molecule has 1 aromatic carbocycles. The monoisotopic (exact) mass is 303 g/mol. The van der Waals surface area contributed by atoms with Crippen LogP contribution in [-0.2, 0) is 9.53 Å². The van der Waals surface area contributed by atoms with Crippen LogP contribution in [0.5, 0.6) is 0 Å². The molecule has 0 bridgehead atoms. The van der Waals surface area contributed by atoms with E-state index >= 15 is 0 Å². The zero-order valence-electron chi connectivity index (χ0n) is 11.2. The normalized spacial score (nSPS) is 12.2. The van der Waals surface area contributed by atoms with Gasteiger partial charge in [-0.3, -0.25) is 4.79 Å². The maximum Gasteiger partial charge on any atom is 0.305 e. The molecule has 0 aliphatic carbocycles. The Balaban J connectivity index is 2.37. The lowest BCUT2D eigenvalue weighted by atomic mass is 10.1. The van der Waals surface area contributed by atoms with E-state index in [1.807, 2.05) is 19.1 Å². The third-order valence-electron chi connectivity index (χ3n) is 2.76. The summed E-state index contributed by atoms with van der Waals surface area (Å²) in [7, 11) is 0. The van der Waals surface area contributed by atoms with Crippen molar-refractivity contribution in [1.82, 2.24) is 5.32 Å². The van der Waals surface area contributed by atoms with Crippen molar-refractivity contribution in [1.29, 1.82) is 0 Å². The summed E-state index contributed by atoms with van der Waals surface area (Å²) in [6.45, 7) is 4.98. The molecule has 1 aromatic rings. The molecule has 5 heteroatoms. The predicted molar refractivity (Wildman–Crippen MR) is 78.7 cm³/mol. The number of nitrogens with one attached hydrogen (secondary N) is 1. The summed E-state index contributed by atoms with van der Waals surface area (Å²) in [5.41, 5.74) is 0.963. The Morgan fingerprint density at radius 1 is 1.42 bits per heavy atom. The number of esters is 1. The van der Waals surface area contributed by atoms with Gasteiger partial charge < -0.3 is 10.1 Å². The number of halogens is 2. The molecule has 0 heterocycles. The van der Waals surface area contributed by atoms with Gasteiger partial charge in [-0.2, -0.15) is 0 Å². The van der Waals surface area contributed by atoms with Crippen molar-refractivity contribution >= 4 is 29.2 Å². The van der Waals surface area contributed by atoms with Crippen molar-refractivity contribution in [3.63, 3.8) is 0 Å². The minimum atomic E-state index is -0.155. The molecule has 1 atom stereocenters. The number of carbonyl (C=O) groups is 1. The Labute approximate surface area is 124 Å². The summed E-state index contributed by atoms with van der Waals surface area (Å²) in [5.74, 6) is -0.155. The smallest absolute Gasteiger partial charge is 0.305 e. The molecule has 0 aromatic heterocycles. The second-order valence-corrected chi connectivity index (χ2v) is 5.01. The lowest BCUT2D eigenvalue weighted by Crippen LogP contribution is -2.21. The van der Waals surface area contributed by atoms with Crippen LogP contribution in [0.4, 0.5) is 0 Å². The van der Waals surface area contributed by atoms with Crippen LogP contribution in [0.2, 0.25) is 10.0 Å². The largest absolute Gasteiger partial charge is 0.466 e. The molecule has 0 aliphatic rings. The van der Waals surface area contributed by atoms with Gasteiger partial charge in [0, 0.05) is 12.5 Å². The molecule has 0 saturated heterocycles. The highest BCUT2D eigenvalue weighted by atomic mass is 35.5. The molecule has 3 nitrogen and oxygen atoms in total. The van der Waals surface area contributed by atoms with E-state index in [-0.39, 0.29) is 12.0 Å². The van der Waals surface area contributed by atoms with E-state index in [9.17, 15) is 4.79 Å². The summed E-state index contributed by atoms with van der Waals surface area (Å²) in [6, 6.07) is 5.67. The van der Waals surface area contributed by atoms with Gasteiger partial charge in [-0.25, -0.2) is 0 Å². The second-order valence-electron chi connectivity index (χ2n) is 4.23. The molecule has 0 aliphatic heterocycles. The van der Waals surface area contributed by atoms with E-state index in [1.165, 1.54) is 0 Å². The van der Waals surface area contributed by atoms with E-state index in [1.54, 1.807) is 13.0 Å². The molecule has 0 spiro atoms. The lowest BCUT2D eigenvalue weighted by Gasteiger charge is -2.16. The van der Waals surface area contributed by atoms with E-state index in [0.29, 0.717) is 23.1 Å². The Morgan fingerprint density at radius 3 is 2.84 bits per heavy atom. The first kappa shape index (κ1) is 16.3. The molecule has 1 rings (SSSR count). The summed E-state index contributed by atoms with van der Waals surface area (Å²) in [6.07, 6.45) is 1.16. The number of rotatable bonds is 7. The number of ether oxygens (including phenoxy) is 1. The third-order valence-corrected chi connectivity index (χ3v) is 3.60. The minimum Gasteiger partial charge on any atom is -0.466 e. The summed E-state index contributed by atoms with van der Waals surface area (Å²) in [5, 5.41) is 4.45. The number of benzene rings is 1. The highest BCUT2D eigenvalue weighted by Crippen LogP contribution is 2.29. The average Bonchev–Trinajstić information content (AvgIpc) is 2.38. The van der Waals surface area contributed by atoms with Crippen LogP contribution in [0.3, 0.4) is 0 Å². The Bertz CT molecular complexity index is 424. The van der Waals surface area contributed by atoms with Crippen molar-refractivity contribution in [2.45, 2.75) is 32.7 Å². The zero-order valence-corrected chi connectivity index (χ0v) is 12.7. The molecule has 0 fully saturated rings. The molecule has 1 N–H and O–H groups in total. The second kappa shape index (κ2) is 8.41. The average molecular weight is 304 g/mol. The van der Waals surface area contributed by atoms with E-state index < -0.39 is 0 Å². The van der Waals surface area contributed by atoms with Gasteiger partial charge in [-0.15, -0.1) is 0 Å². The molecule has 0 amide bonds. The summed E-state index contributed by atoms with van der Waals surface area (Å²) < 4.78 is 4.86. The SMILES string of the molecule is CCOC(=O)CCCNC(C)c1cccc(Cl)c1Cl. The van der Waals surface area contributed by atoms with Gasteiger partial charge in [0.2, 0.25) is 0 Å². The van der Waals surface area contributed by atoms with Crippen molar-refractivity contribution in [3.8, 4) is 0 Å². The zero-order chi connectivity index (χ0) is 14.3. The first-order valence-corrected chi connectivity index (χ1v) is 7.14. The summed E-state index contributed by atoms with van der Waals surface area (Å²) >= 11 is 12.1. The highest BCUT2D eigenvalue weighted by Gasteiger charge is 2.11. The maximum absolute atomic E-state index is 11.2. The predicted octanol–water partition coefficient (Wildman–Crippen LogP) is 3.99. The molecular formula is C14H19Cl2NO2. The van der Waals surface area contributed by atoms with Crippen molar-refractivity contribution in [2.24, 2.45) is 0 Å². The fourth-order valence-electron chi connectivity index (χ4n) is 1.75. The highest BCUT2D eigenvalue weighted by molar-refractivity contribution is 6.42. The van der Waals surface area contributed by atoms with Gasteiger partial charge in [0.25, 0.3) is 0 Å². The Hall–Kier alpha value is -0.770. The number of hydrogen-bond acceptors (Lipinski definition) is 3. The summed E-state index contributed by atoms with van der Waals surface area (Å²) in [4.78, 5) is 11.2. The maximum atomic E-state index is 11.2. The molecule has 1 unspecified atom stereocenters. The van der Waals surface area contributed by atoms with Gasteiger partial charge >= 0.3 is 5.97 Å². The van der Waals surface area contributed by atoms with Crippen LogP contribution in [0, 0.1) is 0 Å². The van der Waals surface area contributed by atoms with Crippen LogP contribution in [0.15, 0.2) is 18.2 Å². The quantitative estimate of drug-likeness (QED) is 0.611. The van der Waals surface area contributed by atoms with Gasteiger partial charge in [-0.05, 0) is 38.4 Å². The fourth-order valence-corrected chi connectivity index (χ4v) is 2.22. The molecule has 106 valence electrons. The molecular weight excluding hydrogens is 285 g/mol.